The van der Waals surface area contributed by atoms with E-state index in [0.717, 1.165) is 21.6 Å². The van der Waals surface area contributed by atoms with Crippen LogP contribution in [-0.2, 0) is 6.54 Å². The molecule has 0 saturated carbocycles. The van der Waals surface area contributed by atoms with E-state index in [1.54, 1.807) is 25.6 Å². The minimum absolute atomic E-state index is 0.114. The topological polar surface area (TPSA) is 78.3 Å². The first kappa shape index (κ1) is 22.1. The number of nitrogens with zero attached hydrogens (tertiary/aromatic N) is 2. The van der Waals surface area contributed by atoms with Gasteiger partial charge in [0.05, 0.1) is 19.6 Å². The summed E-state index contributed by atoms with van der Waals surface area (Å²) in [5.74, 6) is 2.51. The third-order valence-electron chi connectivity index (χ3n) is 5.07. The quantitative estimate of drug-likeness (QED) is 0.168. The Morgan fingerprint density at radius 1 is 1.09 bits per heavy atom. The maximum Gasteiger partial charge on any atom is 0.299 e. The van der Waals surface area contributed by atoms with Crippen LogP contribution in [0.15, 0.2) is 65.1 Å². The molecule has 2 aromatic carbocycles. The van der Waals surface area contributed by atoms with E-state index in [9.17, 15) is 4.79 Å². The second-order valence-electron chi connectivity index (χ2n) is 7.06. The van der Waals surface area contributed by atoms with Gasteiger partial charge in [0.2, 0.25) is 5.82 Å². The van der Waals surface area contributed by atoms with Gasteiger partial charge in [-0.1, -0.05) is 53.1 Å². The lowest BCUT2D eigenvalue weighted by molar-refractivity contribution is -0.713. The Bertz CT molecular complexity index is 1230. The molecule has 0 aliphatic rings. The first-order chi connectivity index (χ1) is 15.6. The fraction of sp³-hybridized carbons (Fsp3) is 0.208. The maximum atomic E-state index is 12.5. The molecule has 2 N–H and O–H groups in total. The van der Waals surface area contributed by atoms with Gasteiger partial charge >= 0.3 is 0 Å². The van der Waals surface area contributed by atoms with E-state index >= 15 is 0 Å². The van der Waals surface area contributed by atoms with Crippen molar-refractivity contribution in [2.24, 2.45) is 0 Å². The molecule has 164 valence electrons. The van der Waals surface area contributed by atoms with Crippen LogP contribution in [0.2, 0.25) is 0 Å². The van der Waals surface area contributed by atoms with Gasteiger partial charge < -0.3 is 15.2 Å². The number of carbonyl (C=O) groups is 1. The number of hydrogen-bond acceptors (Lipinski definition) is 7. The molecule has 0 atom stereocenters. The summed E-state index contributed by atoms with van der Waals surface area (Å²) in [6.07, 6.45) is 0.416. The van der Waals surface area contributed by atoms with Crippen LogP contribution in [0.25, 0.3) is 10.9 Å². The molecule has 0 bridgehead atoms. The van der Waals surface area contributed by atoms with Crippen molar-refractivity contribution in [1.29, 1.82) is 0 Å². The molecule has 2 heterocycles. The van der Waals surface area contributed by atoms with E-state index in [2.05, 4.69) is 6.07 Å². The number of nitrogen functional groups attached to an aromatic ring is 1. The Morgan fingerprint density at radius 3 is 2.53 bits per heavy atom. The highest BCUT2D eigenvalue weighted by Crippen LogP contribution is 2.34. The molecule has 0 aliphatic carbocycles. The van der Waals surface area contributed by atoms with Crippen molar-refractivity contribution in [2.45, 2.75) is 18.1 Å². The Morgan fingerprint density at radius 2 is 1.84 bits per heavy atom. The van der Waals surface area contributed by atoms with E-state index in [1.165, 1.54) is 16.6 Å². The normalized spacial score (nSPS) is 10.9. The van der Waals surface area contributed by atoms with Crippen molar-refractivity contribution in [3.05, 3.63) is 70.4 Å². The molecular weight excluding hydrogens is 442 g/mol. The number of anilines is 1. The zero-order chi connectivity index (χ0) is 22.5. The van der Waals surface area contributed by atoms with Gasteiger partial charge in [-0.05, 0) is 11.4 Å². The number of nitrogens with two attached hydrogens (primary N) is 1. The van der Waals surface area contributed by atoms with E-state index in [1.807, 2.05) is 58.5 Å². The summed E-state index contributed by atoms with van der Waals surface area (Å²) in [5.41, 5.74) is 8.07. The van der Waals surface area contributed by atoms with Crippen LogP contribution < -0.4 is 19.8 Å². The van der Waals surface area contributed by atoms with Crippen molar-refractivity contribution < 1.29 is 18.8 Å². The molecule has 4 rings (SSSR count). The van der Waals surface area contributed by atoms with Gasteiger partial charge in [0.1, 0.15) is 6.54 Å². The number of ether oxygens (including phenoxy) is 2. The number of thiophene rings is 1. The highest BCUT2D eigenvalue weighted by molar-refractivity contribution is 7.99. The lowest BCUT2D eigenvalue weighted by atomic mass is 10.1. The lowest BCUT2D eigenvalue weighted by Crippen LogP contribution is -2.41. The zero-order valence-corrected chi connectivity index (χ0v) is 19.5. The predicted octanol–water partition coefficient (Wildman–Crippen LogP) is 4.60. The third-order valence-corrected chi connectivity index (χ3v) is 6.90. The van der Waals surface area contributed by atoms with Gasteiger partial charge in [-0.2, -0.15) is 0 Å². The Balaban J connectivity index is 1.67. The summed E-state index contributed by atoms with van der Waals surface area (Å²) >= 11 is 3.20. The number of thioether (sulfide) groups is 1. The number of carbonyl (C=O) groups excluding carboxylic acids is 1. The van der Waals surface area contributed by atoms with Gasteiger partial charge in [-0.3, -0.25) is 4.79 Å². The largest absolute Gasteiger partial charge is 0.493 e. The number of ketones is 1. The van der Waals surface area contributed by atoms with Crippen LogP contribution >= 0.6 is 23.1 Å². The molecule has 32 heavy (non-hydrogen) atoms. The van der Waals surface area contributed by atoms with Crippen molar-refractivity contribution in [2.75, 3.05) is 25.7 Å². The van der Waals surface area contributed by atoms with Gasteiger partial charge in [-0.25, -0.2) is 4.57 Å². The van der Waals surface area contributed by atoms with Crippen LogP contribution in [0.4, 0.5) is 5.82 Å². The monoisotopic (exact) mass is 466 g/mol. The molecule has 0 spiro atoms. The zero-order valence-electron chi connectivity index (χ0n) is 17.9. The van der Waals surface area contributed by atoms with Gasteiger partial charge in [0, 0.05) is 34.7 Å². The highest BCUT2D eigenvalue weighted by atomic mass is 32.2. The van der Waals surface area contributed by atoms with Crippen molar-refractivity contribution in [1.82, 2.24) is 4.98 Å². The first-order valence-electron chi connectivity index (χ1n) is 10.1. The standard InChI is InChI=1S/C24H23N3O3S2/c1-29-21-13-18-19(14-22(21)30-2)26-24(27(23(18)25)15-17-9-6-11-31-17)32-12-10-20(28)16-7-4-3-5-8-16/h3-9,11,13-14,25H,10,12,15H2,1-2H3/p+1. The molecule has 0 unspecified atom stereocenters. The molecule has 2 aromatic heterocycles. The van der Waals surface area contributed by atoms with Crippen molar-refractivity contribution in [3.63, 3.8) is 0 Å². The van der Waals surface area contributed by atoms with Crippen molar-refractivity contribution >= 4 is 45.6 Å². The number of fused-ring (bicyclic) bond motifs is 1. The molecule has 0 radical (unpaired) electrons. The Kier molecular flexibility index (Phi) is 6.92. The Hall–Kier alpha value is -3.10. The second-order valence-corrected chi connectivity index (χ2v) is 9.15. The highest BCUT2D eigenvalue weighted by Gasteiger charge is 2.22. The van der Waals surface area contributed by atoms with Crippen LogP contribution in [0, 0.1) is 0 Å². The van der Waals surface area contributed by atoms with Crippen LogP contribution in [0.5, 0.6) is 11.5 Å². The summed E-state index contributed by atoms with van der Waals surface area (Å²) in [7, 11) is 3.19. The molecular formula is C24H24N3O3S2+. The average Bonchev–Trinajstić information content (AvgIpc) is 3.34. The fourth-order valence-electron chi connectivity index (χ4n) is 3.40. The molecule has 0 aliphatic heterocycles. The minimum Gasteiger partial charge on any atom is -0.493 e. The SMILES string of the molecule is COc1cc2nc(SCCC(=O)c3ccccc3)[n+](Cc3cccs3)c(N)c2cc1OC. The number of Topliss-reactive ketones (excluding diaryl/α,β-unsaturated/α-hetero) is 1. The molecule has 4 aromatic rings. The van der Waals surface area contributed by atoms with Crippen LogP contribution in [-0.4, -0.2) is 30.7 Å². The predicted molar refractivity (Wildman–Crippen MR) is 129 cm³/mol. The maximum absolute atomic E-state index is 12.5. The van der Waals surface area contributed by atoms with E-state index < -0.39 is 0 Å². The van der Waals surface area contributed by atoms with Gasteiger partial charge in [-0.15, -0.1) is 11.3 Å². The summed E-state index contributed by atoms with van der Waals surface area (Å²) < 4.78 is 12.9. The number of rotatable bonds is 9. The van der Waals surface area contributed by atoms with Crippen LogP contribution in [0.3, 0.4) is 0 Å². The minimum atomic E-state index is 0.114. The fourth-order valence-corrected chi connectivity index (χ4v) is 5.05. The Labute approximate surface area is 195 Å². The van der Waals surface area contributed by atoms with Crippen molar-refractivity contribution in [3.8, 4) is 11.5 Å². The molecule has 0 fully saturated rings. The lowest BCUT2D eigenvalue weighted by Gasteiger charge is -2.12. The van der Waals surface area contributed by atoms with E-state index in [-0.39, 0.29) is 5.78 Å². The molecule has 0 saturated heterocycles. The third kappa shape index (κ3) is 4.71. The van der Waals surface area contributed by atoms with Gasteiger partial charge in [0.15, 0.2) is 22.8 Å². The summed E-state index contributed by atoms with van der Waals surface area (Å²) in [6, 6.07) is 17.1. The molecule has 8 heteroatoms. The molecule has 6 nitrogen and oxygen atoms in total. The van der Waals surface area contributed by atoms with E-state index in [0.29, 0.717) is 36.0 Å². The number of methoxy groups -OCH3 is 2. The summed E-state index contributed by atoms with van der Waals surface area (Å²) in [5, 5.41) is 3.60. The second kappa shape index (κ2) is 10.0. The first-order valence-corrected chi connectivity index (χ1v) is 12.0. The smallest absolute Gasteiger partial charge is 0.299 e. The summed E-state index contributed by atoms with van der Waals surface area (Å²) in [6.45, 7) is 0.607. The number of benzene rings is 2. The number of hydrogen-bond donors (Lipinski definition) is 1. The van der Waals surface area contributed by atoms with Crippen LogP contribution in [0.1, 0.15) is 21.7 Å². The summed E-state index contributed by atoms with van der Waals surface area (Å²) in [4.78, 5) is 18.6. The average molecular weight is 467 g/mol. The van der Waals surface area contributed by atoms with Gasteiger partial charge in [0.25, 0.3) is 5.16 Å². The molecule has 0 amide bonds. The number of aromatic nitrogens is 2. The van der Waals surface area contributed by atoms with E-state index in [4.69, 9.17) is 20.2 Å².